The molecule has 5 nitrogen and oxygen atoms in total. The van der Waals surface area contributed by atoms with Gasteiger partial charge < -0.3 is 19.8 Å². The normalized spacial score (nSPS) is 22.7. The van der Waals surface area contributed by atoms with Crippen LogP contribution < -0.4 is 4.74 Å². The largest absolute Gasteiger partial charge is 0.489 e. The molecule has 0 spiro atoms. The zero-order valence-electron chi connectivity index (χ0n) is 16.7. The number of carboxylic acid groups (broad SMARTS) is 1. The van der Waals surface area contributed by atoms with Crippen LogP contribution in [0.25, 0.3) is 0 Å². The van der Waals surface area contributed by atoms with Gasteiger partial charge in [0, 0.05) is 12.5 Å². The van der Waals surface area contributed by atoms with Crippen molar-refractivity contribution >= 4 is 6.09 Å². The monoisotopic (exact) mass is 383 g/mol. The van der Waals surface area contributed by atoms with Gasteiger partial charge in [-0.3, -0.25) is 0 Å². The fourth-order valence-electron chi connectivity index (χ4n) is 4.10. The summed E-state index contributed by atoms with van der Waals surface area (Å²) in [5.74, 6) is 0.681. The highest BCUT2D eigenvalue weighted by atomic mass is 16.5. The van der Waals surface area contributed by atoms with Crippen LogP contribution in [0.4, 0.5) is 4.79 Å². The van der Waals surface area contributed by atoms with Crippen LogP contribution in [0.1, 0.15) is 44.2 Å². The average Bonchev–Trinajstić information content (AvgIpc) is 2.66. The second-order valence-corrected chi connectivity index (χ2v) is 8.52. The van der Waals surface area contributed by atoms with Crippen LogP contribution in [0.15, 0.2) is 54.6 Å². The van der Waals surface area contributed by atoms with Crippen LogP contribution in [-0.4, -0.2) is 39.9 Å². The molecule has 1 aliphatic heterocycles. The Balaban J connectivity index is 1.71. The minimum atomic E-state index is -0.970. The van der Waals surface area contributed by atoms with Gasteiger partial charge in [0.15, 0.2) is 0 Å². The quantitative estimate of drug-likeness (QED) is 0.815. The van der Waals surface area contributed by atoms with Crippen molar-refractivity contribution < 1.29 is 19.7 Å². The molecule has 0 aliphatic carbocycles. The van der Waals surface area contributed by atoms with Gasteiger partial charge >= 0.3 is 6.09 Å². The number of rotatable bonds is 4. The summed E-state index contributed by atoms with van der Waals surface area (Å²) in [5, 5.41) is 20.6. The molecule has 1 amide bonds. The molecule has 0 bridgehead atoms. The van der Waals surface area contributed by atoms with E-state index in [1.807, 2.05) is 75.4 Å². The predicted molar refractivity (Wildman–Crippen MR) is 109 cm³/mol. The molecule has 2 aromatic carbocycles. The number of amides is 1. The highest BCUT2D eigenvalue weighted by Gasteiger charge is 2.45. The molecule has 2 N–H and O–H groups in total. The minimum Gasteiger partial charge on any atom is -0.489 e. The first-order valence-electron chi connectivity index (χ1n) is 9.71. The molecule has 0 aromatic heterocycles. The van der Waals surface area contributed by atoms with Gasteiger partial charge in [0.25, 0.3) is 0 Å². The van der Waals surface area contributed by atoms with Gasteiger partial charge in [-0.2, -0.15) is 0 Å². The van der Waals surface area contributed by atoms with E-state index >= 15 is 0 Å². The van der Waals surface area contributed by atoms with Gasteiger partial charge in [-0.05, 0) is 35.1 Å². The Morgan fingerprint density at radius 2 is 1.75 bits per heavy atom. The maximum atomic E-state index is 11.6. The third kappa shape index (κ3) is 4.47. The summed E-state index contributed by atoms with van der Waals surface area (Å²) >= 11 is 0. The second-order valence-electron chi connectivity index (χ2n) is 8.52. The molecule has 1 heterocycles. The molecule has 1 saturated heterocycles. The van der Waals surface area contributed by atoms with E-state index in [0.717, 1.165) is 16.9 Å². The molecular weight excluding hydrogens is 354 g/mol. The first kappa shape index (κ1) is 20.2. The zero-order valence-corrected chi connectivity index (χ0v) is 16.7. The number of hydrogen-bond donors (Lipinski definition) is 2. The summed E-state index contributed by atoms with van der Waals surface area (Å²) in [4.78, 5) is 13.0. The Bertz CT molecular complexity index is 782. The molecule has 1 fully saturated rings. The van der Waals surface area contributed by atoms with E-state index in [-0.39, 0.29) is 11.3 Å². The first-order chi connectivity index (χ1) is 13.3. The van der Waals surface area contributed by atoms with Crippen molar-refractivity contribution in [3.8, 4) is 5.75 Å². The minimum absolute atomic E-state index is 0.0944. The highest BCUT2D eigenvalue weighted by molar-refractivity contribution is 5.66. The number of hydrogen-bond acceptors (Lipinski definition) is 3. The Labute approximate surface area is 166 Å². The molecule has 3 atom stereocenters. The van der Waals surface area contributed by atoms with Crippen molar-refractivity contribution in [1.29, 1.82) is 0 Å². The van der Waals surface area contributed by atoms with Crippen LogP contribution in [0.3, 0.4) is 0 Å². The van der Waals surface area contributed by atoms with Crippen molar-refractivity contribution in [1.82, 2.24) is 4.90 Å². The number of nitrogens with zero attached hydrogens (tertiary/aromatic N) is 1. The fourth-order valence-corrected chi connectivity index (χ4v) is 4.10. The maximum absolute atomic E-state index is 11.6. The standard InChI is InChI=1S/C23H29NO4/c1-23(2,3)21-20(25)19(13-14-24(21)22(26)27)17-9-11-18(12-10-17)28-15-16-7-5-4-6-8-16/h4-12,19-21,25H,13-15H2,1-3H3,(H,26,27). The van der Waals surface area contributed by atoms with E-state index in [9.17, 15) is 15.0 Å². The van der Waals surface area contributed by atoms with Crippen LogP contribution >= 0.6 is 0 Å². The van der Waals surface area contributed by atoms with Crippen LogP contribution in [0, 0.1) is 5.41 Å². The Hall–Kier alpha value is -2.53. The summed E-state index contributed by atoms with van der Waals surface area (Å²) in [7, 11) is 0. The van der Waals surface area contributed by atoms with Crippen LogP contribution in [-0.2, 0) is 6.61 Å². The Kier molecular flexibility index (Phi) is 5.94. The van der Waals surface area contributed by atoms with Crippen molar-refractivity contribution in [2.45, 2.75) is 51.9 Å². The highest BCUT2D eigenvalue weighted by Crippen LogP contribution is 2.39. The molecule has 5 heteroatoms. The van der Waals surface area contributed by atoms with Crippen LogP contribution in [0.2, 0.25) is 0 Å². The fraction of sp³-hybridized carbons (Fsp3) is 0.435. The SMILES string of the molecule is CC(C)(C)C1C(O)C(c2ccc(OCc3ccccc3)cc2)CCN1C(=O)O. The molecule has 1 aliphatic rings. The lowest BCUT2D eigenvalue weighted by molar-refractivity contribution is -0.0430. The molecular formula is C23H29NO4. The molecule has 3 unspecified atom stereocenters. The van der Waals surface area contributed by atoms with Crippen LogP contribution in [0.5, 0.6) is 5.75 Å². The average molecular weight is 383 g/mol. The Morgan fingerprint density at radius 3 is 2.32 bits per heavy atom. The van der Waals surface area contributed by atoms with Gasteiger partial charge in [0.05, 0.1) is 12.1 Å². The van der Waals surface area contributed by atoms with Crippen molar-refractivity contribution in [3.05, 3.63) is 65.7 Å². The number of ether oxygens (including phenoxy) is 1. The van der Waals surface area contributed by atoms with Gasteiger partial charge in [0.2, 0.25) is 0 Å². The molecule has 0 saturated carbocycles. The molecule has 3 rings (SSSR count). The van der Waals surface area contributed by atoms with E-state index in [4.69, 9.17) is 4.74 Å². The summed E-state index contributed by atoms with van der Waals surface area (Å²) in [6.07, 6.45) is -1.12. The number of likely N-dealkylation sites (tertiary alicyclic amines) is 1. The van der Waals surface area contributed by atoms with E-state index in [0.29, 0.717) is 19.6 Å². The van der Waals surface area contributed by atoms with Crippen molar-refractivity contribution in [2.75, 3.05) is 6.54 Å². The van der Waals surface area contributed by atoms with Gasteiger partial charge in [-0.25, -0.2) is 4.79 Å². The number of carbonyl (C=O) groups is 1. The number of aliphatic hydroxyl groups excluding tert-OH is 1. The molecule has 150 valence electrons. The van der Waals surface area contributed by atoms with E-state index < -0.39 is 18.2 Å². The van der Waals surface area contributed by atoms with Gasteiger partial charge in [-0.15, -0.1) is 0 Å². The molecule has 2 aromatic rings. The number of piperidine rings is 1. The summed E-state index contributed by atoms with van der Waals surface area (Å²) in [6, 6.07) is 17.3. The van der Waals surface area contributed by atoms with Crippen molar-refractivity contribution in [3.63, 3.8) is 0 Å². The number of aliphatic hydroxyl groups is 1. The van der Waals surface area contributed by atoms with E-state index in [1.165, 1.54) is 4.90 Å². The number of benzene rings is 2. The third-order valence-corrected chi connectivity index (χ3v) is 5.44. The first-order valence-corrected chi connectivity index (χ1v) is 9.71. The third-order valence-electron chi connectivity index (χ3n) is 5.44. The lowest BCUT2D eigenvalue weighted by Gasteiger charge is -2.48. The van der Waals surface area contributed by atoms with E-state index in [2.05, 4.69) is 0 Å². The Morgan fingerprint density at radius 1 is 1.11 bits per heavy atom. The molecule has 28 heavy (non-hydrogen) atoms. The predicted octanol–water partition coefficient (Wildman–Crippen LogP) is 4.51. The van der Waals surface area contributed by atoms with E-state index in [1.54, 1.807) is 0 Å². The maximum Gasteiger partial charge on any atom is 0.407 e. The lowest BCUT2D eigenvalue weighted by Crippen LogP contribution is -2.58. The lowest BCUT2D eigenvalue weighted by atomic mass is 9.73. The summed E-state index contributed by atoms with van der Waals surface area (Å²) in [5.41, 5.74) is 1.77. The summed E-state index contributed by atoms with van der Waals surface area (Å²) < 4.78 is 5.84. The molecule has 0 radical (unpaired) electrons. The zero-order chi connectivity index (χ0) is 20.3. The summed E-state index contributed by atoms with van der Waals surface area (Å²) in [6.45, 7) is 6.84. The smallest absolute Gasteiger partial charge is 0.407 e. The van der Waals surface area contributed by atoms with Gasteiger partial charge in [-0.1, -0.05) is 63.2 Å². The second kappa shape index (κ2) is 8.23. The van der Waals surface area contributed by atoms with Crippen molar-refractivity contribution in [2.24, 2.45) is 5.41 Å². The van der Waals surface area contributed by atoms with Gasteiger partial charge in [0.1, 0.15) is 12.4 Å². The topological polar surface area (TPSA) is 70.0 Å².